The van der Waals surface area contributed by atoms with Crippen LogP contribution in [0.15, 0.2) is 71.8 Å². The van der Waals surface area contributed by atoms with Gasteiger partial charge in [0.05, 0.1) is 16.4 Å². The number of thiazole rings is 1. The Morgan fingerprint density at radius 1 is 1.04 bits per heavy atom. The summed E-state index contributed by atoms with van der Waals surface area (Å²) in [6.07, 6.45) is 1.75. The SMILES string of the molecule is Cc1cc(Oc2ccc(/C=N\Nc3nc4ccccc4s3)cc2)ccc1Cl. The Kier molecular flexibility index (Phi) is 5.05. The third kappa shape index (κ3) is 4.27. The maximum Gasteiger partial charge on any atom is 0.204 e. The molecule has 4 aromatic rings. The number of hydrogen-bond donors (Lipinski definition) is 1. The van der Waals surface area contributed by atoms with Crippen LogP contribution in [0.25, 0.3) is 10.2 Å². The zero-order chi connectivity index (χ0) is 18.6. The van der Waals surface area contributed by atoms with E-state index in [4.69, 9.17) is 16.3 Å². The Bertz CT molecular complexity index is 1070. The molecule has 0 amide bonds. The van der Waals surface area contributed by atoms with Gasteiger partial charge in [-0.25, -0.2) is 4.98 Å². The van der Waals surface area contributed by atoms with Crippen LogP contribution in [0.1, 0.15) is 11.1 Å². The van der Waals surface area contributed by atoms with Gasteiger partial charge in [-0.1, -0.05) is 35.1 Å². The summed E-state index contributed by atoms with van der Waals surface area (Å²) in [6, 6.07) is 21.3. The van der Waals surface area contributed by atoms with Crippen LogP contribution in [-0.2, 0) is 0 Å². The van der Waals surface area contributed by atoms with Gasteiger partial charge in [0.25, 0.3) is 0 Å². The standard InChI is InChI=1S/C21H16ClN3OS/c1-14-12-17(10-11-18(14)22)26-16-8-6-15(7-9-16)13-23-25-21-24-19-4-2-3-5-20(19)27-21/h2-13H,1H3,(H,24,25)/b23-13-. The maximum atomic E-state index is 6.04. The molecule has 0 saturated carbocycles. The van der Waals surface area contributed by atoms with Crippen LogP contribution in [0.5, 0.6) is 11.5 Å². The number of nitrogens with one attached hydrogen (secondary N) is 1. The number of fused-ring (bicyclic) bond motifs is 1. The third-order valence-corrected chi connectivity index (χ3v) is 5.28. The van der Waals surface area contributed by atoms with Gasteiger partial charge >= 0.3 is 0 Å². The van der Waals surface area contributed by atoms with Crippen LogP contribution < -0.4 is 10.2 Å². The summed E-state index contributed by atoms with van der Waals surface area (Å²) in [7, 11) is 0. The molecule has 0 aliphatic heterocycles. The van der Waals surface area contributed by atoms with Gasteiger partial charge in [0.15, 0.2) is 0 Å². The van der Waals surface area contributed by atoms with Crippen LogP contribution >= 0.6 is 22.9 Å². The first kappa shape index (κ1) is 17.5. The van der Waals surface area contributed by atoms with Gasteiger partial charge in [-0.2, -0.15) is 5.10 Å². The summed E-state index contributed by atoms with van der Waals surface area (Å²) in [5.74, 6) is 1.52. The van der Waals surface area contributed by atoms with E-state index in [-0.39, 0.29) is 0 Å². The number of aromatic nitrogens is 1. The van der Waals surface area contributed by atoms with Crippen LogP contribution in [0.3, 0.4) is 0 Å². The van der Waals surface area contributed by atoms with E-state index in [9.17, 15) is 0 Å². The number of benzene rings is 3. The second-order valence-corrected chi connectivity index (χ2v) is 7.38. The van der Waals surface area contributed by atoms with Gasteiger partial charge in [0.1, 0.15) is 11.5 Å². The highest BCUT2D eigenvalue weighted by Crippen LogP contribution is 2.26. The molecule has 0 unspecified atom stereocenters. The van der Waals surface area contributed by atoms with E-state index >= 15 is 0 Å². The van der Waals surface area contributed by atoms with Crippen molar-refractivity contribution in [1.29, 1.82) is 0 Å². The molecule has 0 saturated heterocycles. The number of anilines is 1. The lowest BCUT2D eigenvalue weighted by molar-refractivity contribution is 0.482. The molecule has 1 N–H and O–H groups in total. The summed E-state index contributed by atoms with van der Waals surface area (Å²) in [4.78, 5) is 4.48. The number of hydrazone groups is 1. The summed E-state index contributed by atoms with van der Waals surface area (Å²) < 4.78 is 6.98. The van der Waals surface area contributed by atoms with Crippen LogP contribution in [0.4, 0.5) is 5.13 Å². The van der Waals surface area contributed by atoms with Gasteiger partial charge < -0.3 is 4.74 Å². The highest BCUT2D eigenvalue weighted by Gasteiger charge is 2.02. The third-order valence-electron chi connectivity index (χ3n) is 3.91. The molecule has 0 fully saturated rings. The average molecular weight is 394 g/mol. The molecule has 134 valence electrons. The van der Waals surface area contributed by atoms with E-state index in [1.807, 2.05) is 73.7 Å². The number of para-hydroxylation sites is 1. The van der Waals surface area contributed by atoms with Crippen molar-refractivity contribution >= 4 is 44.5 Å². The number of halogens is 1. The minimum absolute atomic E-state index is 0.731. The predicted molar refractivity (Wildman–Crippen MR) is 114 cm³/mol. The second-order valence-electron chi connectivity index (χ2n) is 5.94. The quantitative estimate of drug-likeness (QED) is 0.311. The molecule has 0 radical (unpaired) electrons. The number of ether oxygens (including phenoxy) is 1. The molecule has 27 heavy (non-hydrogen) atoms. The van der Waals surface area contributed by atoms with E-state index in [0.717, 1.165) is 43.0 Å². The predicted octanol–water partition coefficient (Wildman–Crippen LogP) is 6.50. The fourth-order valence-electron chi connectivity index (χ4n) is 2.52. The van der Waals surface area contributed by atoms with Crippen molar-refractivity contribution in [2.75, 3.05) is 5.43 Å². The van der Waals surface area contributed by atoms with Crippen molar-refractivity contribution in [3.63, 3.8) is 0 Å². The van der Waals surface area contributed by atoms with Crippen molar-refractivity contribution < 1.29 is 4.74 Å². The first-order valence-corrected chi connectivity index (χ1v) is 9.55. The Morgan fingerprint density at radius 3 is 2.59 bits per heavy atom. The molecule has 6 heteroatoms. The van der Waals surface area contributed by atoms with E-state index in [2.05, 4.69) is 15.5 Å². The van der Waals surface area contributed by atoms with E-state index in [0.29, 0.717) is 0 Å². The Hall–Kier alpha value is -2.89. The van der Waals surface area contributed by atoms with Gasteiger partial charge in [-0.3, -0.25) is 5.43 Å². The number of aryl methyl sites for hydroxylation is 1. The lowest BCUT2D eigenvalue weighted by atomic mass is 10.2. The smallest absolute Gasteiger partial charge is 0.204 e. The molecule has 0 atom stereocenters. The molecular formula is C21H16ClN3OS. The first-order chi connectivity index (χ1) is 13.2. The Morgan fingerprint density at radius 2 is 1.81 bits per heavy atom. The van der Waals surface area contributed by atoms with E-state index < -0.39 is 0 Å². The molecule has 1 aromatic heterocycles. The van der Waals surface area contributed by atoms with Crippen molar-refractivity contribution in [1.82, 2.24) is 4.98 Å². The molecule has 3 aromatic carbocycles. The largest absolute Gasteiger partial charge is 0.457 e. The fourth-order valence-corrected chi connectivity index (χ4v) is 3.45. The summed E-state index contributed by atoms with van der Waals surface area (Å²) in [5, 5.41) is 5.76. The molecule has 0 bridgehead atoms. The highest BCUT2D eigenvalue weighted by atomic mass is 35.5. The molecule has 4 rings (SSSR count). The molecule has 0 spiro atoms. The second kappa shape index (κ2) is 7.78. The van der Waals surface area contributed by atoms with Crippen LogP contribution in [0.2, 0.25) is 5.02 Å². The Labute approximate surface area is 166 Å². The number of nitrogens with zero attached hydrogens (tertiary/aromatic N) is 2. The number of rotatable bonds is 5. The molecular weight excluding hydrogens is 378 g/mol. The average Bonchev–Trinajstić information content (AvgIpc) is 3.09. The number of hydrogen-bond acceptors (Lipinski definition) is 5. The minimum atomic E-state index is 0.731. The van der Waals surface area contributed by atoms with E-state index in [1.54, 1.807) is 17.6 Å². The van der Waals surface area contributed by atoms with Crippen LogP contribution in [-0.4, -0.2) is 11.2 Å². The van der Waals surface area contributed by atoms with E-state index in [1.165, 1.54) is 0 Å². The van der Waals surface area contributed by atoms with Crippen molar-refractivity contribution in [2.45, 2.75) is 6.92 Å². The van der Waals surface area contributed by atoms with Gasteiger partial charge in [0, 0.05) is 5.02 Å². The van der Waals surface area contributed by atoms with Crippen molar-refractivity contribution in [3.8, 4) is 11.5 Å². The Balaban J connectivity index is 1.39. The summed E-state index contributed by atoms with van der Waals surface area (Å²) in [5.41, 5.74) is 5.90. The molecule has 0 aliphatic rings. The van der Waals surface area contributed by atoms with Gasteiger partial charge in [-0.05, 0) is 72.6 Å². The zero-order valence-electron chi connectivity index (χ0n) is 14.5. The summed E-state index contributed by atoms with van der Waals surface area (Å²) in [6.45, 7) is 1.95. The molecule has 1 heterocycles. The fraction of sp³-hybridized carbons (Fsp3) is 0.0476. The van der Waals surface area contributed by atoms with Gasteiger partial charge in [0.2, 0.25) is 5.13 Å². The molecule has 4 nitrogen and oxygen atoms in total. The van der Waals surface area contributed by atoms with Crippen molar-refractivity contribution in [2.24, 2.45) is 5.10 Å². The topological polar surface area (TPSA) is 46.5 Å². The van der Waals surface area contributed by atoms with Gasteiger partial charge in [-0.15, -0.1) is 0 Å². The van der Waals surface area contributed by atoms with Crippen LogP contribution in [0, 0.1) is 6.92 Å². The first-order valence-electron chi connectivity index (χ1n) is 8.36. The minimum Gasteiger partial charge on any atom is -0.457 e. The lowest BCUT2D eigenvalue weighted by Gasteiger charge is -2.07. The normalized spacial score (nSPS) is 11.2. The maximum absolute atomic E-state index is 6.04. The lowest BCUT2D eigenvalue weighted by Crippen LogP contribution is -1.90. The molecule has 0 aliphatic carbocycles. The zero-order valence-corrected chi connectivity index (χ0v) is 16.1. The monoisotopic (exact) mass is 393 g/mol. The summed E-state index contributed by atoms with van der Waals surface area (Å²) >= 11 is 7.61. The van der Waals surface area contributed by atoms with Crippen molar-refractivity contribution in [3.05, 3.63) is 82.9 Å². The highest BCUT2D eigenvalue weighted by molar-refractivity contribution is 7.22.